The molecule has 3 aromatic rings. The molecule has 0 fully saturated rings. The van der Waals surface area contributed by atoms with Crippen LogP contribution in [-0.2, 0) is 0 Å². The lowest BCUT2D eigenvalue weighted by molar-refractivity contribution is 0.0697. The molecule has 0 saturated heterocycles. The van der Waals surface area contributed by atoms with Crippen LogP contribution in [0.25, 0.3) is 15.7 Å². The van der Waals surface area contributed by atoms with E-state index < -0.39 is 51.2 Å². The number of rotatable bonds is 1. The van der Waals surface area contributed by atoms with Crippen LogP contribution >= 0.6 is 11.3 Å². The van der Waals surface area contributed by atoms with Crippen LogP contribution in [0.5, 0.6) is 5.88 Å². The third kappa shape index (κ3) is 1.65. The monoisotopic (exact) mass is 329 g/mol. The quantitative estimate of drug-likeness (QED) is 0.673. The van der Waals surface area contributed by atoms with E-state index in [1.54, 1.807) is 0 Å². The lowest BCUT2D eigenvalue weighted by atomic mass is 10.1. The molecule has 0 aliphatic rings. The third-order valence-electron chi connectivity index (χ3n) is 3.24. The first-order valence-electron chi connectivity index (χ1n) is 5.83. The zero-order valence-corrected chi connectivity index (χ0v) is 11.6. The number of nitrogens with zero attached hydrogens (tertiary/aromatic N) is 1. The number of aromatic nitrogens is 1. The van der Waals surface area contributed by atoms with Crippen LogP contribution in [0.1, 0.15) is 15.2 Å². The van der Waals surface area contributed by atoms with Gasteiger partial charge in [0.15, 0.2) is 17.5 Å². The molecule has 0 bridgehead atoms. The van der Waals surface area contributed by atoms with Gasteiger partial charge in [-0.05, 0) is 13.0 Å². The van der Waals surface area contributed by atoms with Crippen molar-refractivity contribution in [3.63, 3.8) is 0 Å². The largest absolute Gasteiger partial charge is 0.493 e. The van der Waals surface area contributed by atoms with Gasteiger partial charge in [0, 0.05) is 0 Å². The summed E-state index contributed by atoms with van der Waals surface area (Å²) < 4.78 is 41.6. The van der Waals surface area contributed by atoms with Crippen LogP contribution in [0.4, 0.5) is 13.2 Å². The topological polar surface area (TPSA) is 79.0 Å². The molecule has 0 spiro atoms. The van der Waals surface area contributed by atoms with Crippen molar-refractivity contribution < 1.29 is 28.2 Å². The van der Waals surface area contributed by atoms with Crippen molar-refractivity contribution >= 4 is 33.0 Å². The summed E-state index contributed by atoms with van der Waals surface area (Å²) in [5.74, 6) is -7.27. The maximum Gasteiger partial charge on any atom is 0.342 e. The average molecular weight is 329 g/mol. The Hall–Kier alpha value is -2.55. The van der Waals surface area contributed by atoms with Crippen molar-refractivity contribution in [3.8, 4) is 5.88 Å². The van der Waals surface area contributed by atoms with Crippen LogP contribution < -0.4 is 5.43 Å². The normalized spacial score (nSPS) is 11.5. The number of aromatic hydroxyl groups is 1. The zero-order chi connectivity index (χ0) is 16.3. The molecule has 3 rings (SSSR count). The molecule has 0 saturated carbocycles. The summed E-state index contributed by atoms with van der Waals surface area (Å²) >= 11 is 0.731. The number of carboxylic acid groups (broad SMARTS) is 1. The fraction of sp³-hybridized carbons (Fsp3) is 0.0769. The second kappa shape index (κ2) is 4.47. The van der Waals surface area contributed by atoms with Gasteiger partial charge in [0.05, 0.1) is 10.3 Å². The van der Waals surface area contributed by atoms with E-state index in [1.807, 2.05) is 0 Å². The number of aryl methyl sites for hydroxylation is 1. The first-order chi connectivity index (χ1) is 10.3. The van der Waals surface area contributed by atoms with E-state index in [9.17, 15) is 27.9 Å². The van der Waals surface area contributed by atoms with Crippen LogP contribution in [0.2, 0.25) is 0 Å². The highest BCUT2D eigenvalue weighted by molar-refractivity contribution is 7.18. The fourth-order valence-electron chi connectivity index (χ4n) is 2.26. The SMILES string of the molecule is Cc1sc2c(C(=O)O)c(=O)c3cc(F)c(F)c(F)c3n2c1O. The molecule has 2 heterocycles. The Morgan fingerprint density at radius 3 is 2.50 bits per heavy atom. The first kappa shape index (κ1) is 14.4. The van der Waals surface area contributed by atoms with Crippen molar-refractivity contribution in [3.05, 3.63) is 44.2 Å². The summed E-state index contributed by atoms with van der Waals surface area (Å²) in [7, 11) is 0. The number of carboxylic acids is 1. The summed E-state index contributed by atoms with van der Waals surface area (Å²) in [6, 6.07) is 0.418. The number of carbonyl (C=O) groups is 1. The predicted octanol–water partition coefficient (Wildman–Crippen LogP) is 2.64. The summed E-state index contributed by atoms with van der Waals surface area (Å²) in [6.45, 7) is 1.41. The maximum absolute atomic E-state index is 14.1. The smallest absolute Gasteiger partial charge is 0.342 e. The third-order valence-corrected chi connectivity index (χ3v) is 4.31. The highest BCUT2D eigenvalue weighted by Crippen LogP contribution is 2.34. The maximum atomic E-state index is 14.1. The number of hydrogen-bond acceptors (Lipinski definition) is 4. The molecule has 0 atom stereocenters. The Balaban J connectivity index is 2.80. The summed E-state index contributed by atoms with van der Waals surface area (Å²) in [5.41, 5.74) is -2.60. The van der Waals surface area contributed by atoms with E-state index in [-0.39, 0.29) is 9.71 Å². The fourth-order valence-corrected chi connectivity index (χ4v) is 3.28. The zero-order valence-electron chi connectivity index (χ0n) is 10.8. The van der Waals surface area contributed by atoms with Crippen LogP contribution in [0.3, 0.4) is 0 Å². The molecule has 9 heteroatoms. The molecule has 0 unspecified atom stereocenters. The van der Waals surface area contributed by atoms with Gasteiger partial charge in [-0.15, -0.1) is 11.3 Å². The second-order valence-electron chi connectivity index (χ2n) is 4.51. The van der Waals surface area contributed by atoms with Crippen LogP contribution in [0, 0.1) is 24.4 Å². The van der Waals surface area contributed by atoms with Crippen molar-refractivity contribution in [2.45, 2.75) is 6.92 Å². The van der Waals surface area contributed by atoms with Crippen LogP contribution in [0.15, 0.2) is 10.9 Å². The Morgan fingerprint density at radius 1 is 1.27 bits per heavy atom. The molecule has 0 radical (unpaired) electrons. The number of pyridine rings is 1. The van der Waals surface area contributed by atoms with E-state index in [0.29, 0.717) is 10.5 Å². The molecule has 114 valence electrons. The van der Waals surface area contributed by atoms with Gasteiger partial charge < -0.3 is 10.2 Å². The van der Waals surface area contributed by atoms with Crippen molar-refractivity contribution in [1.82, 2.24) is 4.40 Å². The molecule has 2 N–H and O–H groups in total. The van der Waals surface area contributed by atoms with Gasteiger partial charge in [-0.1, -0.05) is 0 Å². The van der Waals surface area contributed by atoms with Gasteiger partial charge in [0.25, 0.3) is 0 Å². The minimum atomic E-state index is -1.81. The highest BCUT2D eigenvalue weighted by atomic mass is 32.1. The second-order valence-corrected chi connectivity index (χ2v) is 5.72. The first-order valence-corrected chi connectivity index (χ1v) is 6.65. The lowest BCUT2D eigenvalue weighted by Crippen LogP contribution is -2.18. The van der Waals surface area contributed by atoms with Crippen molar-refractivity contribution in [2.75, 3.05) is 0 Å². The van der Waals surface area contributed by atoms with Crippen molar-refractivity contribution in [2.24, 2.45) is 0 Å². The standard InChI is InChI=1S/C13H6F3NO4S/c1-3-11(19)17-9-4(2-5(14)7(15)8(9)16)10(18)6(13(20)21)12(17)22-3/h2,19H,1H3,(H,20,21). The van der Waals surface area contributed by atoms with Gasteiger partial charge in [-0.2, -0.15) is 0 Å². The molecular formula is C13H6F3NO4S. The molecule has 0 aliphatic heterocycles. The summed E-state index contributed by atoms with van der Waals surface area (Å²) in [6.07, 6.45) is 0. The van der Waals surface area contributed by atoms with E-state index in [2.05, 4.69) is 0 Å². The molecular weight excluding hydrogens is 323 g/mol. The van der Waals surface area contributed by atoms with E-state index in [4.69, 9.17) is 5.11 Å². The minimum absolute atomic E-state index is 0.193. The Bertz CT molecular complexity index is 1040. The number of hydrogen-bond donors (Lipinski definition) is 2. The number of fused-ring (bicyclic) bond motifs is 3. The number of thiazole rings is 1. The molecule has 0 aliphatic carbocycles. The molecule has 0 amide bonds. The number of halogens is 3. The van der Waals surface area contributed by atoms with E-state index >= 15 is 0 Å². The Kier molecular flexibility index (Phi) is 2.92. The van der Waals surface area contributed by atoms with Gasteiger partial charge in [0.2, 0.25) is 11.3 Å². The Morgan fingerprint density at radius 2 is 1.91 bits per heavy atom. The molecule has 22 heavy (non-hydrogen) atoms. The lowest BCUT2D eigenvalue weighted by Gasteiger charge is -2.08. The average Bonchev–Trinajstić information content (AvgIpc) is 2.72. The van der Waals surface area contributed by atoms with E-state index in [1.165, 1.54) is 6.92 Å². The van der Waals surface area contributed by atoms with Gasteiger partial charge >= 0.3 is 5.97 Å². The molecule has 1 aromatic carbocycles. The van der Waals surface area contributed by atoms with Gasteiger partial charge in [-0.3, -0.25) is 9.20 Å². The molecule has 5 nitrogen and oxygen atoms in total. The predicted molar refractivity (Wildman–Crippen MR) is 72.3 cm³/mol. The highest BCUT2D eigenvalue weighted by Gasteiger charge is 2.26. The van der Waals surface area contributed by atoms with Gasteiger partial charge in [0.1, 0.15) is 15.9 Å². The summed E-state index contributed by atoms with van der Waals surface area (Å²) in [4.78, 5) is 23.4. The van der Waals surface area contributed by atoms with Crippen LogP contribution in [-0.4, -0.2) is 20.6 Å². The van der Waals surface area contributed by atoms with E-state index in [0.717, 1.165) is 11.3 Å². The van der Waals surface area contributed by atoms with Crippen molar-refractivity contribution in [1.29, 1.82) is 0 Å². The van der Waals surface area contributed by atoms with Gasteiger partial charge in [-0.25, -0.2) is 18.0 Å². The number of benzene rings is 1. The number of aromatic carboxylic acids is 1. The summed E-state index contributed by atoms with van der Waals surface area (Å²) in [5, 5.41) is 18.5. The Labute approximate surface area is 123 Å². The molecule has 2 aromatic heterocycles. The minimum Gasteiger partial charge on any atom is -0.493 e.